The van der Waals surface area contributed by atoms with Crippen LogP contribution in [0, 0.1) is 0 Å². The van der Waals surface area contributed by atoms with Crippen LogP contribution in [-0.2, 0) is 0 Å². The van der Waals surface area contributed by atoms with Gasteiger partial charge in [0.2, 0.25) is 0 Å². The van der Waals surface area contributed by atoms with Crippen molar-refractivity contribution in [1.82, 2.24) is 4.57 Å². The third kappa shape index (κ3) is 2.29. The SMILES string of the molecule is c1ccc(-c2ccccc2N2c3ccccc3-n3c4ccccc4c4cccc2c43)cc1. The van der Waals surface area contributed by atoms with Gasteiger partial charge in [0, 0.05) is 16.3 Å². The largest absolute Gasteiger partial charge is 0.306 e. The van der Waals surface area contributed by atoms with Crippen molar-refractivity contribution in [3.05, 3.63) is 121 Å². The number of nitrogens with zero attached hydrogens (tertiary/aromatic N) is 2. The maximum atomic E-state index is 2.43. The summed E-state index contributed by atoms with van der Waals surface area (Å²) in [5.74, 6) is 0. The van der Waals surface area contributed by atoms with Crippen LogP contribution in [0.15, 0.2) is 121 Å². The van der Waals surface area contributed by atoms with E-state index in [0.29, 0.717) is 0 Å². The van der Waals surface area contributed by atoms with Crippen molar-refractivity contribution in [2.24, 2.45) is 0 Å². The number of rotatable bonds is 2. The molecule has 2 heterocycles. The zero-order valence-electron chi connectivity index (χ0n) is 17.4. The molecule has 32 heavy (non-hydrogen) atoms. The lowest BCUT2D eigenvalue weighted by molar-refractivity contribution is 1.11. The van der Waals surface area contributed by atoms with Crippen LogP contribution in [0.2, 0.25) is 0 Å². The molecule has 0 radical (unpaired) electrons. The molecule has 150 valence electrons. The first kappa shape index (κ1) is 17.4. The van der Waals surface area contributed by atoms with Crippen LogP contribution in [-0.4, -0.2) is 4.57 Å². The molecule has 1 aliphatic heterocycles. The molecule has 0 bridgehead atoms. The second-order valence-corrected chi connectivity index (χ2v) is 8.23. The minimum Gasteiger partial charge on any atom is -0.306 e. The molecule has 0 unspecified atom stereocenters. The smallest absolute Gasteiger partial charge is 0.0783 e. The highest BCUT2D eigenvalue weighted by molar-refractivity contribution is 6.17. The Bertz CT molecular complexity index is 1630. The fraction of sp³-hybridized carbons (Fsp3) is 0. The lowest BCUT2D eigenvalue weighted by Gasteiger charge is -2.34. The summed E-state index contributed by atoms with van der Waals surface area (Å²) in [4.78, 5) is 2.43. The van der Waals surface area contributed by atoms with Crippen molar-refractivity contribution in [2.75, 3.05) is 4.90 Å². The van der Waals surface area contributed by atoms with Crippen molar-refractivity contribution >= 4 is 38.9 Å². The summed E-state index contributed by atoms with van der Waals surface area (Å²) < 4.78 is 2.43. The number of hydrogen-bond acceptors (Lipinski definition) is 1. The van der Waals surface area contributed by atoms with Gasteiger partial charge in [-0.3, -0.25) is 0 Å². The van der Waals surface area contributed by atoms with Gasteiger partial charge in [-0.25, -0.2) is 0 Å². The highest BCUT2D eigenvalue weighted by Crippen LogP contribution is 2.51. The van der Waals surface area contributed by atoms with Crippen molar-refractivity contribution in [1.29, 1.82) is 0 Å². The van der Waals surface area contributed by atoms with E-state index in [4.69, 9.17) is 0 Å². The fourth-order valence-corrected chi connectivity index (χ4v) is 5.19. The van der Waals surface area contributed by atoms with Crippen LogP contribution >= 0.6 is 0 Å². The summed E-state index contributed by atoms with van der Waals surface area (Å²) in [6, 6.07) is 43.5. The first-order chi connectivity index (χ1) is 15.9. The van der Waals surface area contributed by atoms with Gasteiger partial charge in [-0.1, -0.05) is 91.0 Å². The first-order valence-electron chi connectivity index (χ1n) is 11.0. The van der Waals surface area contributed by atoms with Gasteiger partial charge in [-0.2, -0.15) is 0 Å². The van der Waals surface area contributed by atoms with E-state index in [0.717, 1.165) is 0 Å². The summed E-state index contributed by atoms with van der Waals surface area (Å²) in [6.07, 6.45) is 0. The van der Waals surface area contributed by atoms with E-state index in [1.54, 1.807) is 0 Å². The van der Waals surface area contributed by atoms with Crippen molar-refractivity contribution in [3.63, 3.8) is 0 Å². The summed E-state index contributed by atoms with van der Waals surface area (Å²) >= 11 is 0. The predicted octanol–water partition coefficient (Wildman–Crippen LogP) is 8.23. The van der Waals surface area contributed by atoms with E-state index in [1.807, 2.05) is 0 Å². The van der Waals surface area contributed by atoms with Gasteiger partial charge in [-0.15, -0.1) is 0 Å². The van der Waals surface area contributed by atoms with Crippen LogP contribution < -0.4 is 4.90 Å². The fourth-order valence-electron chi connectivity index (χ4n) is 5.19. The molecular weight excluding hydrogens is 388 g/mol. The Kier molecular flexibility index (Phi) is 3.58. The lowest BCUT2D eigenvalue weighted by Crippen LogP contribution is -2.18. The summed E-state index contributed by atoms with van der Waals surface area (Å²) in [7, 11) is 0. The molecule has 1 aliphatic rings. The summed E-state index contributed by atoms with van der Waals surface area (Å²) in [5.41, 5.74) is 9.76. The molecule has 0 atom stereocenters. The number of anilines is 3. The summed E-state index contributed by atoms with van der Waals surface area (Å²) in [5, 5.41) is 2.58. The zero-order chi connectivity index (χ0) is 21.1. The number of benzene rings is 5. The van der Waals surface area contributed by atoms with Gasteiger partial charge in [0.1, 0.15) is 0 Å². The van der Waals surface area contributed by atoms with Gasteiger partial charge in [0.25, 0.3) is 0 Å². The zero-order valence-corrected chi connectivity index (χ0v) is 17.4. The predicted molar refractivity (Wildman–Crippen MR) is 134 cm³/mol. The molecule has 5 aromatic carbocycles. The molecule has 0 aliphatic carbocycles. The highest BCUT2D eigenvalue weighted by atomic mass is 15.2. The number of fused-ring (bicyclic) bond motifs is 5. The maximum absolute atomic E-state index is 2.43. The minimum absolute atomic E-state index is 1.19. The Morgan fingerprint density at radius 2 is 1.03 bits per heavy atom. The van der Waals surface area contributed by atoms with Gasteiger partial charge >= 0.3 is 0 Å². The second kappa shape index (κ2) is 6.60. The van der Waals surface area contributed by atoms with Crippen LogP contribution in [0.4, 0.5) is 17.1 Å². The molecule has 2 heteroatoms. The first-order valence-corrected chi connectivity index (χ1v) is 11.0. The van der Waals surface area contributed by atoms with Gasteiger partial charge in [0.15, 0.2) is 0 Å². The Morgan fingerprint density at radius 3 is 1.91 bits per heavy atom. The van der Waals surface area contributed by atoms with E-state index in [1.165, 1.54) is 55.7 Å². The van der Waals surface area contributed by atoms with Crippen LogP contribution in [0.5, 0.6) is 0 Å². The quantitative estimate of drug-likeness (QED) is 0.280. The molecule has 7 rings (SSSR count). The van der Waals surface area contributed by atoms with Gasteiger partial charge in [0.05, 0.1) is 33.8 Å². The summed E-state index contributed by atoms with van der Waals surface area (Å²) in [6.45, 7) is 0. The van der Waals surface area contributed by atoms with E-state index >= 15 is 0 Å². The normalized spacial score (nSPS) is 12.3. The van der Waals surface area contributed by atoms with Gasteiger partial charge in [-0.05, 0) is 35.9 Å². The number of para-hydroxylation sites is 5. The Morgan fingerprint density at radius 1 is 0.406 bits per heavy atom. The van der Waals surface area contributed by atoms with Crippen LogP contribution in [0.1, 0.15) is 0 Å². The van der Waals surface area contributed by atoms with Crippen LogP contribution in [0.25, 0.3) is 38.6 Å². The highest BCUT2D eigenvalue weighted by Gasteiger charge is 2.29. The molecule has 0 spiro atoms. The molecule has 0 N–H and O–H groups in total. The van der Waals surface area contributed by atoms with E-state index in [9.17, 15) is 0 Å². The maximum Gasteiger partial charge on any atom is 0.0783 e. The molecule has 6 aromatic rings. The Balaban J connectivity index is 1.63. The standard InChI is InChI=1S/C30H20N2/c1-2-11-21(12-3-1)22-13-4-6-16-25(22)31-27-18-8-9-19-28(27)32-26-17-7-5-14-23(26)24-15-10-20-29(31)30(24)32/h1-20H. The number of aromatic nitrogens is 1. The minimum atomic E-state index is 1.19. The van der Waals surface area contributed by atoms with Crippen molar-refractivity contribution < 1.29 is 0 Å². The van der Waals surface area contributed by atoms with Crippen molar-refractivity contribution in [3.8, 4) is 16.8 Å². The van der Waals surface area contributed by atoms with Gasteiger partial charge < -0.3 is 9.47 Å². The Hall–Kier alpha value is -4.30. The molecular formula is C30H20N2. The molecule has 0 saturated heterocycles. The third-order valence-corrected chi connectivity index (χ3v) is 6.51. The molecule has 2 nitrogen and oxygen atoms in total. The molecule has 0 amide bonds. The van der Waals surface area contributed by atoms with E-state index in [-0.39, 0.29) is 0 Å². The third-order valence-electron chi connectivity index (χ3n) is 6.51. The van der Waals surface area contributed by atoms with Crippen molar-refractivity contribution in [2.45, 2.75) is 0 Å². The molecule has 0 saturated carbocycles. The van der Waals surface area contributed by atoms with Crippen LogP contribution in [0.3, 0.4) is 0 Å². The van der Waals surface area contributed by atoms with E-state index in [2.05, 4.69) is 131 Å². The Labute approximate surface area is 186 Å². The monoisotopic (exact) mass is 408 g/mol. The topological polar surface area (TPSA) is 8.17 Å². The lowest BCUT2D eigenvalue weighted by atomic mass is 10.0. The average Bonchev–Trinajstić information content (AvgIpc) is 3.21. The van der Waals surface area contributed by atoms with E-state index < -0.39 is 0 Å². The molecule has 0 fully saturated rings. The number of hydrogen-bond donors (Lipinski definition) is 0. The second-order valence-electron chi connectivity index (χ2n) is 8.23. The molecule has 1 aromatic heterocycles. The average molecular weight is 409 g/mol.